The van der Waals surface area contributed by atoms with Crippen molar-refractivity contribution < 1.29 is 18.1 Å². The fourth-order valence-corrected chi connectivity index (χ4v) is 2.99. The quantitative estimate of drug-likeness (QED) is 0.436. The van der Waals surface area contributed by atoms with Gasteiger partial charge in [0.2, 0.25) is 0 Å². The molecule has 1 aliphatic heterocycles. The van der Waals surface area contributed by atoms with Crippen molar-refractivity contribution >= 4 is 7.82 Å². The Labute approximate surface area is 105 Å². The molecule has 0 saturated carbocycles. The first-order chi connectivity index (χ1) is 8.27. The largest absolute Gasteiger partial charge is 0.474 e. The molecule has 1 saturated heterocycles. The van der Waals surface area contributed by atoms with Crippen molar-refractivity contribution in [1.29, 1.82) is 0 Å². The maximum atomic E-state index is 11.6. The maximum absolute atomic E-state index is 11.6. The van der Waals surface area contributed by atoms with Crippen LogP contribution in [0.2, 0.25) is 0 Å². The van der Waals surface area contributed by atoms with Crippen LogP contribution in [0.5, 0.6) is 0 Å². The molecule has 0 aliphatic carbocycles. The van der Waals surface area contributed by atoms with Crippen LogP contribution in [0.15, 0.2) is 0 Å². The summed E-state index contributed by atoms with van der Waals surface area (Å²) in [6.45, 7) is 3.47. The Bertz CT molecular complexity index is 223. The predicted molar refractivity (Wildman–Crippen MR) is 68.1 cm³/mol. The maximum Gasteiger partial charge on any atom is 0.474 e. The van der Waals surface area contributed by atoms with Gasteiger partial charge in [-0.15, -0.1) is 0 Å². The van der Waals surface area contributed by atoms with E-state index in [2.05, 4.69) is 6.92 Å². The van der Waals surface area contributed by atoms with Crippen LogP contribution in [0.3, 0.4) is 0 Å². The molecular weight excluding hydrogens is 239 g/mol. The number of phosphoric acid groups is 1. The second-order valence-corrected chi connectivity index (χ2v) is 6.09. The van der Waals surface area contributed by atoms with Crippen molar-refractivity contribution in [2.24, 2.45) is 0 Å². The number of phosphoric ester groups is 1. The summed E-state index contributed by atoms with van der Waals surface area (Å²) in [4.78, 5) is 0. The van der Waals surface area contributed by atoms with Crippen LogP contribution in [0.1, 0.15) is 58.3 Å². The van der Waals surface area contributed by atoms with E-state index in [1.165, 1.54) is 38.5 Å². The van der Waals surface area contributed by atoms with Crippen LogP contribution >= 0.6 is 7.82 Å². The number of unbranched alkanes of at least 4 members (excludes halogenated alkanes) is 7. The van der Waals surface area contributed by atoms with Gasteiger partial charge in [0, 0.05) is 0 Å². The van der Waals surface area contributed by atoms with E-state index in [0.29, 0.717) is 19.8 Å². The highest BCUT2D eigenvalue weighted by Gasteiger charge is 2.31. The smallest absolute Gasteiger partial charge is 0.287 e. The summed E-state index contributed by atoms with van der Waals surface area (Å²) in [5.41, 5.74) is 0. The SMILES string of the molecule is CCCCCCCCCCOP1(=O)OCCO1. The summed E-state index contributed by atoms with van der Waals surface area (Å²) >= 11 is 0. The summed E-state index contributed by atoms with van der Waals surface area (Å²) in [5, 5.41) is 0. The molecule has 1 heterocycles. The molecule has 0 aromatic heterocycles. The minimum atomic E-state index is -3.14. The fraction of sp³-hybridized carbons (Fsp3) is 1.00. The van der Waals surface area contributed by atoms with Crippen LogP contribution in [0, 0.1) is 0 Å². The van der Waals surface area contributed by atoms with Crippen LogP contribution in [-0.2, 0) is 18.1 Å². The number of hydrogen-bond acceptors (Lipinski definition) is 4. The Morgan fingerprint density at radius 1 is 0.941 bits per heavy atom. The second kappa shape index (κ2) is 9.09. The van der Waals surface area contributed by atoms with E-state index in [-0.39, 0.29) is 0 Å². The van der Waals surface area contributed by atoms with Gasteiger partial charge in [-0.1, -0.05) is 51.9 Å². The lowest BCUT2D eigenvalue weighted by Gasteiger charge is -2.09. The van der Waals surface area contributed by atoms with E-state index in [0.717, 1.165) is 12.8 Å². The van der Waals surface area contributed by atoms with E-state index in [9.17, 15) is 4.57 Å². The number of hydrogen-bond donors (Lipinski definition) is 0. The van der Waals surface area contributed by atoms with Crippen molar-refractivity contribution in [1.82, 2.24) is 0 Å². The third-order valence-electron chi connectivity index (χ3n) is 2.83. The first-order valence-corrected chi connectivity index (χ1v) is 8.26. The van der Waals surface area contributed by atoms with Gasteiger partial charge in [0.25, 0.3) is 0 Å². The van der Waals surface area contributed by atoms with Gasteiger partial charge in [-0.25, -0.2) is 4.57 Å². The third kappa shape index (κ3) is 7.20. The predicted octanol–water partition coefficient (Wildman–Crippen LogP) is 4.30. The van der Waals surface area contributed by atoms with E-state index >= 15 is 0 Å². The summed E-state index contributed by atoms with van der Waals surface area (Å²) < 4.78 is 26.5. The topological polar surface area (TPSA) is 44.8 Å². The molecule has 0 radical (unpaired) electrons. The third-order valence-corrected chi connectivity index (χ3v) is 4.33. The molecule has 1 aliphatic rings. The Balaban J connectivity index is 1.83. The van der Waals surface area contributed by atoms with Crippen LogP contribution in [-0.4, -0.2) is 19.8 Å². The number of rotatable bonds is 10. The summed E-state index contributed by atoms with van der Waals surface area (Å²) in [5.74, 6) is 0. The standard InChI is InChI=1S/C12H25O4P/c1-2-3-4-5-6-7-8-9-10-14-17(13)15-11-12-16-17/h2-12H2,1H3. The minimum absolute atomic E-state index is 0.384. The normalized spacial score (nSPS) is 18.6. The molecule has 0 aromatic carbocycles. The van der Waals surface area contributed by atoms with Crippen molar-refractivity contribution in [2.75, 3.05) is 19.8 Å². The molecular formula is C12H25O4P. The van der Waals surface area contributed by atoms with Gasteiger partial charge < -0.3 is 0 Å². The molecule has 0 amide bonds. The summed E-state index contributed by atoms with van der Waals surface area (Å²) in [6, 6.07) is 0. The van der Waals surface area contributed by atoms with Crippen LogP contribution < -0.4 is 0 Å². The molecule has 0 aromatic rings. The highest BCUT2D eigenvalue weighted by Crippen LogP contribution is 2.52. The molecule has 17 heavy (non-hydrogen) atoms. The van der Waals surface area contributed by atoms with E-state index in [1.807, 2.05) is 0 Å². The summed E-state index contributed by atoms with van der Waals surface area (Å²) in [7, 11) is -3.14. The zero-order chi connectivity index (χ0) is 12.4. The minimum Gasteiger partial charge on any atom is -0.287 e. The van der Waals surface area contributed by atoms with Crippen molar-refractivity contribution in [3.05, 3.63) is 0 Å². The Morgan fingerprint density at radius 2 is 1.47 bits per heavy atom. The van der Waals surface area contributed by atoms with Crippen LogP contribution in [0.4, 0.5) is 0 Å². The molecule has 0 N–H and O–H groups in total. The highest BCUT2D eigenvalue weighted by molar-refractivity contribution is 7.48. The first-order valence-electron chi connectivity index (χ1n) is 6.80. The molecule has 0 bridgehead atoms. The van der Waals surface area contributed by atoms with E-state index in [1.54, 1.807) is 0 Å². The second-order valence-electron chi connectivity index (χ2n) is 4.42. The molecule has 4 nitrogen and oxygen atoms in total. The van der Waals surface area contributed by atoms with Gasteiger partial charge in [0.05, 0.1) is 19.8 Å². The average Bonchev–Trinajstić information content (AvgIpc) is 2.74. The van der Waals surface area contributed by atoms with Gasteiger partial charge in [0.15, 0.2) is 0 Å². The summed E-state index contributed by atoms with van der Waals surface area (Å²) in [6.07, 6.45) is 9.92. The molecule has 102 valence electrons. The van der Waals surface area contributed by atoms with Crippen molar-refractivity contribution in [3.8, 4) is 0 Å². The lowest BCUT2D eigenvalue weighted by molar-refractivity contribution is 0.187. The lowest BCUT2D eigenvalue weighted by atomic mass is 10.1. The van der Waals surface area contributed by atoms with Gasteiger partial charge in [-0.3, -0.25) is 13.6 Å². The molecule has 0 spiro atoms. The van der Waals surface area contributed by atoms with Gasteiger partial charge in [0.1, 0.15) is 0 Å². The van der Waals surface area contributed by atoms with Crippen molar-refractivity contribution in [2.45, 2.75) is 58.3 Å². The first kappa shape index (κ1) is 15.2. The lowest BCUT2D eigenvalue weighted by Crippen LogP contribution is -1.93. The van der Waals surface area contributed by atoms with Crippen LogP contribution in [0.25, 0.3) is 0 Å². The van der Waals surface area contributed by atoms with E-state index in [4.69, 9.17) is 13.6 Å². The highest BCUT2D eigenvalue weighted by atomic mass is 31.2. The Kier molecular flexibility index (Phi) is 8.12. The molecule has 1 fully saturated rings. The zero-order valence-corrected chi connectivity index (χ0v) is 11.8. The molecule has 0 atom stereocenters. The molecule has 0 unspecified atom stereocenters. The van der Waals surface area contributed by atoms with Crippen molar-refractivity contribution in [3.63, 3.8) is 0 Å². The molecule has 5 heteroatoms. The van der Waals surface area contributed by atoms with E-state index < -0.39 is 7.82 Å². The zero-order valence-electron chi connectivity index (χ0n) is 10.9. The van der Waals surface area contributed by atoms with Gasteiger partial charge in [-0.2, -0.15) is 0 Å². The van der Waals surface area contributed by atoms with Gasteiger partial charge in [-0.05, 0) is 6.42 Å². The molecule has 1 rings (SSSR count). The monoisotopic (exact) mass is 264 g/mol. The fourth-order valence-electron chi connectivity index (χ4n) is 1.82. The Morgan fingerprint density at radius 3 is 2.06 bits per heavy atom. The van der Waals surface area contributed by atoms with Gasteiger partial charge >= 0.3 is 7.82 Å². The Hall–Kier alpha value is 0.110. The average molecular weight is 264 g/mol.